The molecule has 0 aliphatic heterocycles. The van der Waals surface area contributed by atoms with Crippen LogP contribution in [0.25, 0.3) is 0 Å². The predicted octanol–water partition coefficient (Wildman–Crippen LogP) is 2.41. The van der Waals surface area contributed by atoms with Gasteiger partial charge in [0.05, 0.1) is 11.9 Å². The number of hydrogen-bond donors (Lipinski definition) is 2. The second-order valence-electron chi connectivity index (χ2n) is 3.38. The summed E-state index contributed by atoms with van der Waals surface area (Å²) in [4.78, 5) is 16.9. The quantitative estimate of drug-likeness (QED) is 0.772. The third-order valence-electron chi connectivity index (χ3n) is 2.02. The second-order valence-corrected chi connectivity index (χ2v) is 3.38. The molecule has 0 fully saturated rings. The van der Waals surface area contributed by atoms with Crippen LogP contribution in [0.5, 0.6) is 0 Å². The molecule has 0 saturated carbocycles. The minimum atomic E-state index is -0.859. The average molecular weight is 218 g/mol. The van der Waals surface area contributed by atoms with Crippen LogP contribution < -0.4 is 0 Å². The molecule has 0 aliphatic rings. The van der Waals surface area contributed by atoms with Crippen molar-refractivity contribution in [2.75, 3.05) is 0 Å². The van der Waals surface area contributed by atoms with Gasteiger partial charge in [0.1, 0.15) is 0 Å². The Morgan fingerprint density at radius 1 is 1.38 bits per heavy atom. The molecule has 4 heteroatoms. The topological polar surface area (TPSA) is 66.0 Å². The first kappa shape index (κ1) is 12.0. The van der Waals surface area contributed by atoms with E-state index in [0.29, 0.717) is 5.56 Å². The highest BCUT2D eigenvalue weighted by atomic mass is 16.4. The van der Waals surface area contributed by atoms with Crippen LogP contribution in [0.1, 0.15) is 21.5 Å². The van der Waals surface area contributed by atoms with E-state index in [1.54, 1.807) is 37.8 Å². The van der Waals surface area contributed by atoms with Crippen LogP contribution in [0.3, 0.4) is 0 Å². The van der Waals surface area contributed by atoms with Gasteiger partial charge < -0.3 is 10.1 Å². The Kier molecular flexibility index (Phi) is 4.27. The van der Waals surface area contributed by atoms with Gasteiger partial charge >= 0.3 is 5.97 Å². The molecule has 0 spiro atoms. The molecule has 4 nitrogen and oxygen atoms in total. The summed E-state index contributed by atoms with van der Waals surface area (Å²) in [7, 11) is 0. The number of carboxylic acid groups (broad SMARTS) is 1. The molecule has 84 valence electrons. The van der Waals surface area contributed by atoms with Gasteiger partial charge in [-0.15, -0.1) is 0 Å². The summed E-state index contributed by atoms with van der Waals surface area (Å²) in [6.45, 7) is 3.75. The first-order valence-corrected chi connectivity index (χ1v) is 4.84. The summed E-state index contributed by atoms with van der Waals surface area (Å²) in [6.07, 6.45) is 5.08. The molecule has 0 amide bonds. The Labute approximate surface area is 94.0 Å². The van der Waals surface area contributed by atoms with Gasteiger partial charge in [0, 0.05) is 12.4 Å². The molecule has 0 aliphatic carbocycles. The van der Waals surface area contributed by atoms with Crippen LogP contribution in [0.15, 0.2) is 36.9 Å². The zero-order chi connectivity index (χ0) is 12.0. The molecule has 1 aromatic carbocycles. The molecule has 0 atom stereocenters. The van der Waals surface area contributed by atoms with Crippen LogP contribution in [-0.2, 0) is 0 Å². The molecule has 2 rings (SSSR count). The molecular weight excluding hydrogens is 204 g/mol. The maximum atomic E-state index is 10.5. The van der Waals surface area contributed by atoms with Crippen molar-refractivity contribution >= 4 is 5.97 Å². The van der Waals surface area contributed by atoms with Gasteiger partial charge in [-0.1, -0.05) is 17.7 Å². The fourth-order valence-corrected chi connectivity index (χ4v) is 1.27. The predicted molar refractivity (Wildman–Crippen MR) is 61.5 cm³/mol. The molecule has 0 saturated heterocycles. The van der Waals surface area contributed by atoms with Gasteiger partial charge in [0.2, 0.25) is 0 Å². The van der Waals surface area contributed by atoms with Crippen LogP contribution >= 0.6 is 0 Å². The van der Waals surface area contributed by atoms with E-state index in [1.807, 2.05) is 13.0 Å². The van der Waals surface area contributed by atoms with Crippen molar-refractivity contribution in [2.45, 2.75) is 13.8 Å². The number of hydrogen-bond acceptors (Lipinski definition) is 2. The second kappa shape index (κ2) is 5.70. The molecule has 0 radical (unpaired) electrons. The number of nitrogens with one attached hydrogen (secondary N) is 1. The molecule has 0 bridgehead atoms. The zero-order valence-electron chi connectivity index (χ0n) is 9.27. The Balaban J connectivity index is 0.000000212. The number of carboxylic acids is 1. The summed E-state index contributed by atoms with van der Waals surface area (Å²) < 4.78 is 0. The summed E-state index contributed by atoms with van der Waals surface area (Å²) in [5.41, 5.74) is 2.29. The summed E-state index contributed by atoms with van der Waals surface area (Å²) in [5, 5.41) is 8.66. The third kappa shape index (κ3) is 3.57. The number of aromatic amines is 1. The van der Waals surface area contributed by atoms with Crippen LogP contribution in [0.4, 0.5) is 0 Å². The van der Waals surface area contributed by atoms with E-state index in [9.17, 15) is 4.79 Å². The lowest BCUT2D eigenvalue weighted by molar-refractivity contribution is 0.0696. The van der Waals surface area contributed by atoms with E-state index in [4.69, 9.17) is 5.11 Å². The number of benzene rings is 1. The SMILES string of the molecule is Cc1ccc(C(=O)O)c(C)c1.c1c[nH]cn1. The van der Waals surface area contributed by atoms with E-state index >= 15 is 0 Å². The lowest BCUT2D eigenvalue weighted by atomic mass is 10.1. The van der Waals surface area contributed by atoms with E-state index in [1.165, 1.54) is 0 Å². The van der Waals surface area contributed by atoms with Gasteiger partial charge in [-0.05, 0) is 25.5 Å². The van der Waals surface area contributed by atoms with Gasteiger partial charge in [-0.2, -0.15) is 0 Å². The first-order chi connectivity index (χ1) is 7.61. The van der Waals surface area contributed by atoms with Gasteiger partial charge in [0.25, 0.3) is 0 Å². The number of aromatic carboxylic acids is 1. The zero-order valence-corrected chi connectivity index (χ0v) is 9.27. The van der Waals surface area contributed by atoms with Crippen molar-refractivity contribution in [3.63, 3.8) is 0 Å². The van der Waals surface area contributed by atoms with E-state index in [2.05, 4.69) is 9.97 Å². The number of imidazole rings is 1. The number of H-pyrrole nitrogens is 1. The van der Waals surface area contributed by atoms with Gasteiger partial charge in [-0.25, -0.2) is 9.78 Å². The standard InChI is InChI=1S/C9H10O2.C3H4N2/c1-6-3-4-8(9(10)11)7(2)5-6;1-2-5-3-4-1/h3-5H,1-2H3,(H,10,11);1-3H,(H,4,5). The highest BCUT2D eigenvalue weighted by molar-refractivity contribution is 5.89. The van der Waals surface area contributed by atoms with E-state index in [-0.39, 0.29) is 0 Å². The van der Waals surface area contributed by atoms with Gasteiger partial charge in [0.15, 0.2) is 0 Å². The minimum absolute atomic E-state index is 0.385. The molecule has 16 heavy (non-hydrogen) atoms. The molecule has 2 N–H and O–H groups in total. The molecule has 2 aromatic rings. The molecule has 1 aromatic heterocycles. The highest BCUT2D eigenvalue weighted by Gasteiger charge is 2.04. The number of aryl methyl sites for hydroxylation is 2. The Hall–Kier alpha value is -2.10. The van der Waals surface area contributed by atoms with Crippen LogP contribution in [0, 0.1) is 13.8 Å². The molecule has 0 unspecified atom stereocenters. The van der Waals surface area contributed by atoms with Crippen molar-refractivity contribution in [3.05, 3.63) is 53.6 Å². The number of rotatable bonds is 1. The van der Waals surface area contributed by atoms with E-state index < -0.39 is 5.97 Å². The van der Waals surface area contributed by atoms with Crippen molar-refractivity contribution in [1.82, 2.24) is 9.97 Å². The van der Waals surface area contributed by atoms with Crippen molar-refractivity contribution < 1.29 is 9.90 Å². The fourth-order valence-electron chi connectivity index (χ4n) is 1.27. The minimum Gasteiger partial charge on any atom is -0.478 e. The molecular formula is C12H14N2O2. The van der Waals surface area contributed by atoms with Crippen molar-refractivity contribution in [2.24, 2.45) is 0 Å². The third-order valence-corrected chi connectivity index (χ3v) is 2.02. The highest BCUT2D eigenvalue weighted by Crippen LogP contribution is 2.09. The maximum Gasteiger partial charge on any atom is 0.335 e. The van der Waals surface area contributed by atoms with E-state index in [0.717, 1.165) is 11.1 Å². The van der Waals surface area contributed by atoms with Gasteiger partial charge in [-0.3, -0.25) is 0 Å². The average Bonchev–Trinajstić information content (AvgIpc) is 2.74. The monoisotopic (exact) mass is 218 g/mol. The lowest BCUT2D eigenvalue weighted by Gasteiger charge is -2.00. The summed E-state index contributed by atoms with van der Waals surface area (Å²) in [6, 6.07) is 5.30. The maximum absolute atomic E-state index is 10.5. The smallest absolute Gasteiger partial charge is 0.335 e. The van der Waals surface area contributed by atoms with Crippen molar-refractivity contribution in [3.8, 4) is 0 Å². The number of carbonyl (C=O) groups is 1. The summed E-state index contributed by atoms with van der Waals surface area (Å²) >= 11 is 0. The van der Waals surface area contributed by atoms with Crippen LogP contribution in [0.2, 0.25) is 0 Å². The van der Waals surface area contributed by atoms with Crippen molar-refractivity contribution in [1.29, 1.82) is 0 Å². The number of nitrogens with zero attached hydrogens (tertiary/aromatic N) is 1. The largest absolute Gasteiger partial charge is 0.478 e. The first-order valence-electron chi connectivity index (χ1n) is 4.84. The van der Waals surface area contributed by atoms with Crippen LogP contribution in [-0.4, -0.2) is 21.0 Å². The summed E-state index contributed by atoms with van der Waals surface area (Å²) in [5.74, 6) is -0.859. The fraction of sp³-hybridized carbons (Fsp3) is 0.167. The Bertz CT molecular complexity index is 433. The molecule has 1 heterocycles. The normalized spacial score (nSPS) is 9.12. The Morgan fingerprint density at radius 3 is 2.50 bits per heavy atom. The lowest BCUT2D eigenvalue weighted by Crippen LogP contribution is -1.99. The Morgan fingerprint density at radius 2 is 2.12 bits per heavy atom. The number of aromatic nitrogens is 2.